The second-order valence-corrected chi connectivity index (χ2v) is 8.09. The molecule has 1 aromatic heterocycles. The standard InChI is InChI=1S/C13H20N2O5S2/c1-3-8(7-20-2)15-22(18,19)13-11(12(16)17)9-4-5-14-6-10(9)21-13/h8,14-15H,3-7H2,1-2H3,(H,16,17)/t8-/m0/s1. The molecule has 9 heteroatoms. The number of ether oxygens (including phenoxy) is 1. The third kappa shape index (κ3) is 3.49. The second kappa shape index (κ2) is 7.05. The molecule has 3 N–H and O–H groups in total. The number of carboxylic acids is 1. The Bertz CT molecular complexity index is 654. The average molecular weight is 348 g/mol. The summed E-state index contributed by atoms with van der Waals surface area (Å²) in [6, 6.07) is -0.381. The molecule has 0 radical (unpaired) electrons. The minimum absolute atomic E-state index is 0.0822. The molecule has 0 fully saturated rings. The minimum Gasteiger partial charge on any atom is -0.478 e. The van der Waals surface area contributed by atoms with E-state index in [0.717, 1.165) is 16.2 Å². The van der Waals surface area contributed by atoms with Gasteiger partial charge in [0, 0.05) is 24.6 Å². The molecular formula is C13H20N2O5S2. The van der Waals surface area contributed by atoms with Crippen LogP contribution < -0.4 is 10.0 Å². The maximum Gasteiger partial charge on any atom is 0.338 e. The van der Waals surface area contributed by atoms with E-state index in [1.165, 1.54) is 7.11 Å². The van der Waals surface area contributed by atoms with Gasteiger partial charge in [-0.3, -0.25) is 0 Å². The van der Waals surface area contributed by atoms with Crippen LogP contribution in [0.5, 0.6) is 0 Å². The lowest BCUT2D eigenvalue weighted by atomic mass is 10.1. The van der Waals surface area contributed by atoms with E-state index < -0.39 is 16.0 Å². The Labute approximate surface area is 133 Å². The number of hydrogen-bond donors (Lipinski definition) is 3. The Hall–Kier alpha value is -1.00. The van der Waals surface area contributed by atoms with E-state index in [0.29, 0.717) is 31.5 Å². The van der Waals surface area contributed by atoms with Crippen LogP contribution in [-0.4, -0.2) is 45.8 Å². The topological polar surface area (TPSA) is 105 Å². The number of carbonyl (C=O) groups is 1. The zero-order valence-electron chi connectivity index (χ0n) is 12.5. The summed E-state index contributed by atoms with van der Waals surface area (Å²) < 4.78 is 32.6. The van der Waals surface area contributed by atoms with Crippen molar-refractivity contribution in [3.8, 4) is 0 Å². The van der Waals surface area contributed by atoms with E-state index in [4.69, 9.17) is 4.74 Å². The van der Waals surface area contributed by atoms with Crippen LogP contribution in [-0.2, 0) is 27.7 Å². The van der Waals surface area contributed by atoms with Gasteiger partial charge < -0.3 is 15.2 Å². The van der Waals surface area contributed by atoms with Crippen molar-refractivity contribution >= 4 is 27.3 Å². The first kappa shape index (κ1) is 17.4. The van der Waals surface area contributed by atoms with Crippen LogP contribution in [0, 0.1) is 0 Å². The number of rotatable bonds is 7. The predicted molar refractivity (Wildman–Crippen MR) is 83.0 cm³/mol. The van der Waals surface area contributed by atoms with Crippen LogP contribution in [0.25, 0.3) is 0 Å². The Balaban J connectivity index is 2.42. The van der Waals surface area contributed by atoms with E-state index in [1.54, 1.807) is 0 Å². The number of fused-ring (bicyclic) bond motifs is 1. The molecule has 0 bridgehead atoms. The third-order valence-electron chi connectivity index (χ3n) is 3.54. The van der Waals surface area contributed by atoms with Gasteiger partial charge in [-0.15, -0.1) is 11.3 Å². The van der Waals surface area contributed by atoms with Gasteiger partial charge in [0.2, 0.25) is 0 Å². The van der Waals surface area contributed by atoms with Crippen molar-refractivity contribution in [2.45, 2.75) is 36.6 Å². The third-order valence-corrected chi connectivity index (χ3v) is 6.81. The van der Waals surface area contributed by atoms with Gasteiger partial charge >= 0.3 is 5.97 Å². The first-order valence-electron chi connectivity index (χ1n) is 7.00. The maximum atomic E-state index is 12.6. The normalized spacial score (nSPS) is 16.3. The molecule has 0 spiro atoms. The molecular weight excluding hydrogens is 328 g/mol. The SMILES string of the molecule is CC[C@@H](COC)NS(=O)(=O)c1sc2c(c1C(=O)O)CCNC2. The molecule has 1 aromatic rings. The van der Waals surface area contributed by atoms with Crippen LogP contribution in [0.15, 0.2) is 4.21 Å². The lowest BCUT2D eigenvalue weighted by Crippen LogP contribution is -2.37. The van der Waals surface area contributed by atoms with Crippen molar-refractivity contribution in [2.24, 2.45) is 0 Å². The zero-order chi connectivity index (χ0) is 16.3. The number of hydrogen-bond acceptors (Lipinski definition) is 6. The largest absolute Gasteiger partial charge is 0.478 e. The van der Waals surface area contributed by atoms with Crippen molar-refractivity contribution in [1.29, 1.82) is 0 Å². The van der Waals surface area contributed by atoms with Gasteiger partial charge in [0.05, 0.1) is 12.2 Å². The summed E-state index contributed by atoms with van der Waals surface area (Å²) in [5, 5.41) is 12.6. The van der Waals surface area contributed by atoms with Crippen molar-refractivity contribution in [1.82, 2.24) is 10.0 Å². The molecule has 0 aromatic carbocycles. The first-order chi connectivity index (χ1) is 10.4. The number of carboxylic acid groups (broad SMARTS) is 1. The first-order valence-corrected chi connectivity index (χ1v) is 9.30. The molecule has 1 aliphatic rings. The Morgan fingerprint density at radius 3 is 2.86 bits per heavy atom. The molecule has 2 heterocycles. The van der Waals surface area contributed by atoms with Crippen LogP contribution in [0.2, 0.25) is 0 Å². The van der Waals surface area contributed by atoms with Gasteiger partial charge in [-0.1, -0.05) is 6.92 Å². The highest BCUT2D eigenvalue weighted by molar-refractivity contribution is 7.91. The fourth-order valence-corrected chi connectivity index (χ4v) is 5.61. The lowest BCUT2D eigenvalue weighted by molar-refractivity contribution is 0.0692. The molecule has 0 saturated heterocycles. The Kier molecular flexibility index (Phi) is 5.56. The van der Waals surface area contributed by atoms with Gasteiger partial charge in [0.1, 0.15) is 4.21 Å². The summed E-state index contributed by atoms with van der Waals surface area (Å²) in [6.07, 6.45) is 1.08. The molecule has 1 atom stereocenters. The van der Waals surface area contributed by atoms with Gasteiger partial charge in [-0.25, -0.2) is 17.9 Å². The van der Waals surface area contributed by atoms with Crippen molar-refractivity contribution < 1.29 is 23.1 Å². The van der Waals surface area contributed by atoms with Gasteiger partial charge in [0.25, 0.3) is 10.0 Å². The summed E-state index contributed by atoms with van der Waals surface area (Å²) in [7, 11) is -2.39. The summed E-state index contributed by atoms with van der Waals surface area (Å²) in [4.78, 5) is 12.3. The summed E-state index contributed by atoms with van der Waals surface area (Å²) in [5.41, 5.74) is 0.553. The molecule has 22 heavy (non-hydrogen) atoms. The quantitative estimate of drug-likeness (QED) is 0.673. The van der Waals surface area contributed by atoms with Crippen molar-refractivity contribution in [2.75, 3.05) is 20.3 Å². The molecule has 0 saturated carbocycles. The van der Waals surface area contributed by atoms with Gasteiger partial charge in [0.15, 0.2) is 0 Å². The van der Waals surface area contributed by atoms with Gasteiger partial charge in [-0.2, -0.15) is 0 Å². The number of aromatic carboxylic acids is 1. The van der Waals surface area contributed by atoms with E-state index in [2.05, 4.69) is 10.0 Å². The van der Waals surface area contributed by atoms with Crippen LogP contribution in [0.3, 0.4) is 0 Å². The zero-order valence-corrected chi connectivity index (χ0v) is 14.1. The van der Waals surface area contributed by atoms with Gasteiger partial charge in [-0.05, 0) is 24.9 Å². The number of methoxy groups -OCH3 is 1. The molecule has 0 aliphatic carbocycles. The van der Waals surface area contributed by atoms with E-state index >= 15 is 0 Å². The molecule has 2 rings (SSSR count). The number of sulfonamides is 1. The average Bonchev–Trinajstić information content (AvgIpc) is 2.87. The minimum atomic E-state index is -3.88. The van der Waals surface area contributed by atoms with Crippen molar-refractivity contribution in [3.05, 3.63) is 16.0 Å². The smallest absolute Gasteiger partial charge is 0.338 e. The summed E-state index contributed by atoms with van der Waals surface area (Å²) >= 11 is 1.03. The molecule has 1 aliphatic heterocycles. The van der Waals surface area contributed by atoms with Crippen molar-refractivity contribution in [3.63, 3.8) is 0 Å². The highest BCUT2D eigenvalue weighted by Gasteiger charge is 2.32. The molecule has 0 amide bonds. The maximum absolute atomic E-state index is 12.6. The second-order valence-electron chi connectivity index (χ2n) is 5.08. The number of nitrogens with one attached hydrogen (secondary N) is 2. The monoisotopic (exact) mass is 348 g/mol. The summed E-state index contributed by atoms with van der Waals surface area (Å²) in [6.45, 7) is 3.24. The predicted octanol–water partition coefficient (Wildman–Crippen LogP) is 0.795. The molecule has 0 unspecified atom stereocenters. The fourth-order valence-electron chi connectivity index (χ4n) is 2.42. The van der Waals surface area contributed by atoms with Crippen LogP contribution >= 0.6 is 11.3 Å². The van der Waals surface area contributed by atoms with E-state index in [-0.39, 0.29) is 22.4 Å². The van der Waals surface area contributed by atoms with Crippen LogP contribution in [0.4, 0.5) is 0 Å². The lowest BCUT2D eigenvalue weighted by Gasteiger charge is -2.15. The Morgan fingerprint density at radius 2 is 2.27 bits per heavy atom. The number of thiophene rings is 1. The van der Waals surface area contributed by atoms with E-state index in [1.807, 2.05) is 6.92 Å². The highest BCUT2D eigenvalue weighted by atomic mass is 32.2. The summed E-state index contributed by atoms with van der Waals surface area (Å²) in [5.74, 6) is -1.19. The van der Waals surface area contributed by atoms with E-state index in [9.17, 15) is 18.3 Å². The molecule has 7 nitrogen and oxygen atoms in total. The highest BCUT2D eigenvalue weighted by Crippen LogP contribution is 2.34. The Morgan fingerprint density at radius 1 is 1.55 bits per heavy atom. The fraction of sp³-hybridized carbons (Fsp3) is 0.615. The van der Waals surface area contributed by atoms with Crippen LogP contribution in [0.1, 0.15) is 34.1 Å². The molecule has 124 valence electrons.